The zero-order valence-electron chi connectivity index (χ0n) is 10.8. The summed E-state index contributed by atoms with van der Waals surface area (Å²) >= 11 is -2.68. The van der Waals surface area contributed by atoms with Gasteiger partial charge in [0.2, 0.25) is 4.93 Å². The lowest BCUT2D eigenvalue weighted by molar-refractivity contribution is -0.147. The van der Waals surface area contributed by atoms with Crippen LogP contribution >= 0.6 is 0 Å². The van der Waals surface area contributed by atoms with Gasteiger partial charge in [-0.3, -0.25) is 9.00 Å². The first-order chi connectivity index (χ1) is 9.57. The Kier molecular flexibility index (Phi) is 4.32. The van der Waals surface area contributed by atoms with Crippen LogP contribution < -0.4 is 0 Å². The first-order valence-electron chi connectivity index (χ1n) is 5.97. The summed E-state index contributed by atoms with van der Waals surface area (Å²) in [7, 11) is 0. The summed E-state index contributed by atoms with van der Waals surface area (Å²) in [6, 6.07) is 16.8. The average molecular weight is 289 g/mol. The molecule has 0 fully saturated rings. The van der Waals surface area contributed by atoms with E-state index >= 15 is 0 Å². The Morgan fingerprint density at radius 3 is 1.70 bits per heavy atom. The minimum atomic E-state index is -2.68. The first-order valence-corrected chi connectivity index (χ1v) is 7.05. The summed E-state index contributed by atoms with van der Waals surface area (Å²) in [4.78, 5) is 9.59. The Hall–Kier alpha value is -1.98. The van der Waals surface area contributed by atoms with E-state index < -0.39 is 22.0 Å². The van der Waals surface area contributed by atoms with Gasteiger partial charge in [0.1, 0.15) is 0 Å². The number of esters is 1. The standard InChI is InChI=1S/C15H14O4S/c1-12(16)19-15(20(17)18,13-8-4-2-5-9-13)14-10-6-3-7-11-14/h2-11H,1H3,(H,17,18)/p-1. The lowest BCUT2D eigenvalue weighted by atomic mass is 10.0. The van der Waals surface area contributed by atoms with Crippen molar-refractivity contribution in [1.82, 2.24) is 0 Å². The minimum absolute atomic E-state index is 0.384. The predicted molar refractivity (Wildman–Crippen MR) is 74.3 cm³/mol. The molecule has 20 heavy (non-hydrogen) atoms. The molecular weight excluding hydrogens is 276 g/mol. The second kappa shape index (κ2) is 5.98. The molecule has 104 valence electrons. The number of ether oxygens (including phenoxy) is 1. The zero-order chi connectivity index (χ0) is 14.6. The van der Waals surface area contributed by atoms with Crippen LogP contribution in [0.5, 0.6) is 0 Å². The third kappa shape index (κ3) is 2.64. The van der Waals surface area contributed by atoms with Crippen LogP contribution in [0.3, 0.4) is 0 Å². The van der Waals surface area contributed by atoms with Crippen molar-refractivity contribution in [3.05, 3.63) is 71.8 Å². The summed E-state index contributed by atoms with van der Waals surface area (Å²) in [6.45, 7) is 1.19. The zero-order valence-corrected chi connectivity index (χ0v) is 11.6. The second-order valence-corrected chi connectivity index (χ2v) is 5.22. The van der Waals surface area contributed by atoms with E-state index in [0.717, 1.165) is 0 Å². The molecule has 0 heterocycles. The highest BCUT2D eigenvalue weighted by Gasteiger charge is 2.39. The van der Waals surface area contributed by atoms with Crippen LogP contribution in [-0.4, -0.2) is 14.7 Å². The van der Waals surface area contributed by atoms with Gasteiger partial charge in [0.05, 0.1) is 0 Å². The summed E-state index contributed by atoms with van der Waals surface area (Å²) < 4.78 is 29.0. The van der Waals surface area contributed by atoms with Crippen molar-refractivity contribution in [1.29, 1.82) is 0 Å². The highest BCUT2D eigenvalue weighted by Crippen LogP contribution is 2.36. The predicted octanol–water partition coefficient (Wildman–Crippen LogP) is 2.33. The van der Waals surface area contributed by atoms with Gasteiger partial charge in [-0.15, -0.1) is 0 Å². The summed E-state index contributed by atoms with van der Waals surface area (Å²) in [5, 5.41) is 0. The third-order valence-corrected chi connectivity index (χ3v) is 3.85. The Bertz CT molecular complexity index is 571. The molecule has 0 saturated carbocycles. The van der Waals surface area contributed by atoms with Crippen molar-refractivity contribution >= 4 is 17.0 Å². The summed E-state index contributed by atoms with van der Waals surface area (Å²) in [5.41, 5.74) is 0.768. The molecule has 0 aliphatic heterocycles. The SMILES string of the molecule is CC(=O)OC(c1ccccc1)(c1ccccc1)S(=O)[O-]. The van der Waals surface area contributed by atoms with E-state index in [1.54, 1.807) is 60.7 Å². The largest absolute Gasteiger partial charge is 0.769 e. The van der Waals surface area contributed by atoms with Crippen molar-refractivity contribution < 1.29 is 18.3 Å². The normalized spacial score (nSPS) is 12.7. The number of hydrogen-bond donors (Lipinski definition) is 0. The Morgan fingerprint density at radius 2 is 1.40 bits per heavy atom. The molecule has 4 nitrogen and oxygen atoms in total. The number of carbonyl (C=O) groups is 1. The first kappa shape index (κ1) is 14.4. The number of benzene rings is 2. The van der Waals surface area contributed by atoms with Gasteiger partial charge < -0.3 is 9.29 Å². The second-order valence-electron chi connectivity index (χ2n) is 4.18. The van der Waals surface area contributed by atoms with E-state index in [-0.39, 0.29) is 0 Å². The Labute approximate surface area is 119 Å². The van der Waals surface area contributed by atoms with Crippen LogP contribution in [0.15, 0.2) is 60.7 Å². The topological polar surface area (TPSA) is 66.4 Å². The van der Waals surface area contributed by atoms with Crippen LogP contribution in [0, 0.1) is 0 Å². The van der Waals surface area contributed by atoms with Gasteiger partial charge in [0, 0.05) is 18.1 Å². The molecule has 0 aromatic heterocycles. The van der Waals surface area contributed by atoms with E-state index in [0.29, 0.717) is 11.1 Å². The van der Waals surface area contributed by atoms with Crippen LogP contribution in [0.25, 0.3) is 0 Å². The van der Waals surface area contributed by atoms with E-state index in [1.807, 2.05) is 0 Å². The van der Waals surface area contributed by atoms with Crippen molar-refractivity contribution in [2.75, 3.05) is 0 Å². The molecule has 1 atom stereocenters. The van der Waals surface area contributed by atoms with Crippen molar-refractivity contribution in [3.63, 3.8) is 0 Å². The molecule has 5 heteroatoms. The minimum Gasteiger partial charge on any atom is -0.769 e. The average Bonchev–Trinajstić information content (AvgIpc) is 2.46. The monoisotopic (exact) mass is 289 g/mol. The molecule has 2 aromatic rings. The Balaban J connectivity index is 2.69. The molecule has 2 rings (SSSR count). The number of hydrogen-bond acceptors (Lipinski definition) is 4. The van der Waals surface area contributed by atoms with Crippen LogP contribution in [0.4, 0.5) is 0 Å². The van der Waals surface area contributed by atoms with Gasteiger partial charge in [-0.2, -0.15) is 0 Å². The van der Waals surface area contributed by atoms with E-state index in [1.165, 1.54) is 6.92 Å². The van der Waals surface area contributed by atoms with Crippen LogP contribution in [0.2, 0.25) is 0 Å². The van der Waals surface area contributed by atoms with Crippen LogP contribution in [0.1, 0.15) is 18.1 Å². The summed E-state index contributed by atoms with van der Waals surface area (Å²) in [5.74, 6) is -0.665. The molecule has 0 aliphatic carbocycles. The van der Waals surface area contributed by atoms with Crippen molar-refractivity contribution in [3.8, 4) is 0 Å². The molecule has 2 aromatic carbocycles. The smallest absolute Gasteiger partial charge is 0.304 e. The van der Waals surface area contributed by atoms with E-state index in [9.17, 15) is 13.6 Å². The van der Waals surface area contributed by atoms with Gasteiger partial charge in [0.15, 0.2) is 0 Å². The number of carbonyl (C=O) groups excluding carboxylic acids is 1. The quantitative estimate of drug-likeness (QED) is 0.640. The lowest BCUT2D eigenvalue weighted by Gasteiger charge is -2.35. The molecule has 0 spiro atoms. The van der Waals surface area contributed by atoms with Gasteiger partial charge in [0.25, 0.3) is 0 Å². The van der Waals surface area contributed by atoms with Crippen molar-refractivity contribution in [2.24, 2.45) is 0 Å². The molecule has 0 bridgehead atoms. The molecule has 0 amide bonds. The molecule has 0 saturated heterocycles. The fraction of sp³-hybridized carbons (Fsp3) is 0.133. The highest BCUT2D eigenvalue weighted by molar-refractivity contribution is 7.80. The molecular formula is C15H13O4S-. The summed E-state index contributed by atoms with van der Waals surface area (Å²) in [6.07, 6.45) is 0. The van der Waals surface area contributed by atoms with Gasteiger partial charge in [-0.05, 0) is 11.1 Å². The van der Waals surface area contributed by atoms with Gasteiger partial charge >= 0.3 is 5.97 Å². The van der Waals surface area contributed by atoms with E-state index in [4.69, 9.17) is 4.74 Å². The molecule has 0 N–H and O–H groups in total. The highest BCUT2D eigenvalue weighted by atomic mass is 32.2. The maximum Gasteiger partial charge on any atom is 0.304 e. The third-order valence-electron chi connectivity index (χ3n) is 2.83. The van der Waals surface area contributed by atoms with Gasteiger partial charge in [-0.1, -0.05) is 60.7 Å². The maximum absolute atomic E-state index is 11.9. The van der Waals surface area contributed by atoms with Gasteiger partial charge in [-0.25, -0.2) is 0 Å². The number of rotatable bonds is 4. The maximum atomic E-state index is 11.9. The fourth-order valence-corrected chi connectivity index (χ4v) is 2.87. The van der Waals surface area contributed by atoms with Crippen molar-refractivity contribution in [2.45, 2.75) is 11.9 Å². The fourth-order valence-electron chi connectivity index (χ4n) is 2.03. The van der Waals surface area contributed by atoms with E-state index in [2.05, 4.69) is 0 Å². The lowest BCUT2D eigenvalue weighted by Crippen LogP contribution is -2.37. The molecule has 0 aliphatic rings. The Morgan fingerprint density at radius 1 is 1.00 bits per heavy atom. The van der Waals surface area contributed by atoms with Crippen LogP contribution in [-0.2, 0) is 25.5 Å². The molecule has 1 unspecified atom stereocenters. The molecule has 0 radical (unpaired) electrons.